The van der Waals surface area contributed by atoms with Crippen LogP contribution in [-0.2, 0) is 23.1 Å². The van der Waals surface area contributed by atoms with E-state index in [1.165, 1.54) is 11.1 Å². The number of Topliss-reactive ketones (excluding diaryl/α,β-unsaturated/α-hetero) is 1. The molecule has 0 saturated carbocycles. The molecule has 2 rings (SSSR count). The smallest absolute Gasteiger partial charge is 0.192 e. The molecule has 2 heterocycles. The summed E-state index contributed by atoms with van der Waals surface area (Å²) in [5.74, 6) is -0.364. The summed E-state index contributed by atoms with van der Waals surface area (Å²) < 4.78 is 26.6. The van der Waals surface area contributed by atoms with Crippen molar-refractivity contribution in [3.05, 3.63) is 33.3 Å². The molecule has 0 bridgehead atoms. The van der Waals surface area contributed by atoms with Crippen LogP contribution < -0.4 is 0 Å². The fraction of sp³-hybridized carbons (Fsp3) is 0.818. The first-order chi connectivity index (χ1) is 24.0. The molecule has 1 aromatic heterocycles. The molecule has 1 saturated heterocycles. The topological polar surface area (TPSA) is 66.9 Å². The molecular formula is C44H81NO5SSi2. The summed E-state index contributed by atoms with van der Waals surface area (Å²) in [6.45, 7) is 42.9. The van der Waals surface area contributed by atoms with Crippen LogP contribution in [0.25, 0.3) is 6.08 Å². The van der Waals surface area contributed by atoms with E-state index in [1.54, 1.807) is 11.3 Å². The van der Waals surface area contributed by atoms with Gasteiger partial charge in [0.2, 0.25) is 0 Å². The monoisotopic (exact) mass is 792 g/mol. The molecule has 1 aliphatic rings. The van der Waals surface area contributed by atoms with Crippen LogP contribution >= 0.6 is 11.3 Å². The molecule has 0 spiro atoms. The van der Waals surface area contributed by atoms with E-state index in [-0.39, 0.29) is 46.0 Å². The van der Waals surface area contributed by atoms with Crippen LogP contribution in [-0.4, -0.2) is 58.1 Å². The molecule has 0 N–H and O–H groups in total. The number of hydrogen-bond acceptors (Lipinski definition) is 7. The van der Waals surface area contributed by atoms with Crippen molar-refractivity contribution in [2.75, 3.05) is 6.61 Å². The van der Waals surface area contributed by atoms with E-state index in [9.17, 15) is 4.79 Å². The Labute approximate surface area is 332 Å². The van der Waals surface area contributed by atoms with E-state index in [0.29, 0.717) is 6.61 Å². The van der Waals surface area contributed by atoms with E-state index in [1.807, 2.05) is 13.8 Å². The molecule has 9 heteroatoms. The number of carbonyl (C=O) groups excluding carboxylic acids is 1. The maximum absolute atomic E-state index is 14.8. The minimum absolute atomic E-state index is 0.0172. The zero-order chi connectivity index (χ0) is 40.8. The standard InChI is InChI=1S/C44H81NO5SSi2/c1-20-22-36(40(46)43(12,13)38-27-28-47-44(14,15)48-38)39(50-53(18,19)42(9,10)11)32(3)24-21-23-31(2)25-26-37(49-52(16,17)41(6,7)8)33(4)29-35-30-51-34(5)45-35/h25,29-30,32,36-39H,20-24,26-28H2,1-19H3/b31-25?,33-29+/t32-,36+,37-,38-,39-/m0/s1. The van der Waals surface area contributed by atoms with Gasteiger partial charge in [0.15, 0.2) is 22.4 Å². The van der Waals surface area contributed by atoms with Gasteiger partial charge in [0.05, 0.1) is 41.0 Å². The first-order valence-corrected chi connectivity index (χ1v) is 27.2. The Morgan fingerprint density at radius 1 is 1.02 bits per heavy atom. The Balaban J connectivity index is 2.32. The van der Waals surface area contributed by atoms with Gasteiger partial charge in [-0.3, -0.25) is 4.79 Å². The van der Waals surface area contributed by atoms with Gasteiger partial charge in [0.25, 0.3) is 0 Å². The Morgan fingerprint density at radius 3 is 2.11 bits per heavy atom. The molecule has 5 atom stereocenters. The molecule has 1 aromatic rings. The lowest BCUT2D eigenvalue weighted by molar-refractivity contribution is -0.289. The lowest BCUT2D eigenvalue weighted by Gasteiger charge is -2.47. The maximum Gasteiger partial charge on any atom is 0.192 e. The van der Waals surface area contributed by atoms with Crippen LogP contribution in [0.1, 0.15) is 153 Å². The molecule has 0 unspecified atom stereocenters. The van der Waals surface area contributed by atoms with Crippen molar-refractivity contribution in [1.82, 2.24) is 4.98 Å². The number of carbonyl (C=O) groups is 1. The number of ether oxygens (including phenoxy) is 2. The normalized spacial score (nSPS) is 20.6. The number of aryl methyl sites for hydroxylation is 1. The number of allylic oxidation sites excluding steroid dienone is 1. The van der Waals surface area contributed by atoms with Crippen LogP contribution in [0.3, 0.4) is 0 Å². The highest BCUT2D eigenvalue weighted by atomic mass is 32.1. The largest absolute Gasteiger partial charge is 0.413 e. The lowest BCUT2D eigenvalue weighted by atomic mass is 9.70. The number of hydrogen-bond donors (Lipinski definition) is 0. The Bertz CT molecular complexity index is 1380. The third kappa shape index (κ3) is 13.9. The highest BCUT2D eigenvalue weighted by Gasteiger charge is 2.49. The molecule has 1 aliphatic heterocycles. The summed E-state index contributed by atoms with van der Waals surface area (Å²) in [4.78, 5) is 19.5. The highest BCUT2D eigenvalue weighted by molar-refractivity contribution is 7.09. The van der Waals surface area contributed by atoms with Crippen molar-refractivity contribution in [2.45, 2.75) is 209 Å². The zero-order valence-electron chi connectivity index (χ0n) is 37.7. The predicted octanol–water partition coefficient (Wildman–Crippen LogP) is 13.3. The second-order valence-corrected chi connectivity index (χ2v) is 30.7. The van der Waals surface area contributed by atoms with Crippen molar-refractivity contribution in [3.8, 4) is 0 Å². The van der Waals surface area contributed by atoms with Crippen molar-refractivity contribution < 1.29 is 23.1 Å². The van der Waals surface area contributed by atoms with E-state index >= 15 is 0 Å². The molecule has 0 aromatic carbocycles. The summed E-state index contributed by atoms with van der Waals surface area (Å²) in [5.41, 5.74) is 2.99. The van der Waals surface area contributed by atoms with Crippen molar-refractivity contribution >= 4 is 39.8 Å². The van der Waals surface area contributed by atoms with Gasteiger partial charge in [0.1, 0.15) is 5.78 Å². The van der Waals surface area contributed by atoms with Gasteiger partial charge in [-0.15, -0.1) is 11.3 Å². The quantitative estimate of drug-likeness (QED) is 0.103. The van der Waals surface area contributed by atoms with Gasteiger partial charge in [-0.2, -0.15) is 0 Å². The predicted molar refractivity (Wildman–Crippen MR) is 233 cm³/mol. The van der Waals surface area contributed by atoms with Gasteiger partial charge in [0, 0.05) is 11.3 Å². The number of ketones is 1. The van der Waals surface area contributed by atoms with Gasteiger partial charge < -0.3 is 18.3 Å². The Morgan fingerprint density at radius 2 is 1.60 bits per heavy atom. The van der Waals surface area contributed by atoms with Gasteiger partial charge >= 0.3 is 0 Å². The lowest BCUT2D eigenvalue weighted by Crippen LogP contribution is -2.54. The fourth-order valence-electron chi connectivity index (χ4n) is 6.77. The summed E-state index contributed by atoms with van der Waals surface area (Å²) in [6, 6.07) is 0. The Kier molecular flexibility index (Phi) is 17.3. The molecule has 0 aliphatic carbocycles. The minimum atomic E-state index is -2.18. The molecule has 0 amide bonds. The third-order valence-electron chi connectivity index (χ3n) is 12.5. The SMILES string of the molecule is CCC[C@@H](C(=O)C(C)(C)[C@@H]1CCOC(C)(C)O1)[C@@H](O[Si](C)(C)C(C)(C)C)[C@@H](C)CCCC(C)=CC[C@H](O[Si](C)(C)C(C)(C)C)/C(C)=C/c1csc(C)n1. The van der Waals surface area contributed by atoms with Crippen LogP contribution in [0.15, 0.2) is 22.6 Å². The zero-order valence-corrected chi connectivity index (χ0v) is 40.5. The number of nitrogens with zero attached hydrogens (tertiary/aromatic N) is 1. The Hall–Kier alpha value is -0.946. The third-order valence-corrected chi connectivity index (χ3v) is 22.3. The van der Waals surface area contributed by atoms with Gasteiger partial charge in [-0.25, -0.2) is 4.98 Å². The average molecular weight is 792 g/mol. The molecule has 306 valence electrons. The first-order valence-electron chi connectivity index (χ1n) is 20.5. The van der Waals surface area contributed by atoms with Gasteiger partial charge in [-0.1, -0.05) is 87.3 Å². The van der Waals surface area contributed by atoms with E-state index < -0.39 is 27.8 Å². The summed E-state index contributed by atoms with van der Waals surface area (Å²) in [6.07, 6.45) is 10.7. The number of aromatic nitrogens is 1. The van der Waals surface area contributed by atoms with Crippen LogP contribution in [0, 0.1) is 24.2 Å². The van der Waals surface area contributed by atoms with E-state index in [4.69, 9.17) is 23.3 Å². The second kappa shape index (κ2) is 19.0. The number of rotatable bonds is 19. The van der Waals surface area contributed by atoms with Crippen LogP contribution in [0.5, 0.6) is 0 Å². The maximum atomic E-state index is 14.8. The molecular weight excluding hydrogens is 711 g/mol. The molecule has 6 nitrogen and oxygen atoms in total. The molecule has 1 fully saturated rings. The average Bonchev–Trinajstić information content (AvgIpc) is 3.42. The van der Waals surface area contributed by atoms with Crippen molar-refractivity contribution in [3.63, 3.8) is 0 Å². The first kappa shape index (κ1) is 48.2. The number of thiazole rings is 1. The van der Waals surface area contributed by atoms with E-state index in [2.05, 4.69) is 134 Å². The van der Waals surface area contributed by atoms with Crippen molar-refractivity contribution in [2.24, 2.45) is 17.3 Å². The second-order valence-electron chi connectivity index (χ2n) is 20.2. The van der Waals surface area contributed by atoms with Crippen LogP contribution in [0.2, 0.25) is 36.3 Å². The van der Waals surface area contributed by atoms with E-state index in [0.717, 1.165) is 55.6 Å². The summed E-state index contributed by atoms with van der Waals surface area (Å²) >= 11 is 1.69. The highest BCUT2D eigenvalue weighted by Crippen LogP contribution is 2.44. The molecule has 0 radical (unpaired) electrons. The molecule has 53 heavy (non-hydrogen) atoms. The summed E-state index contributed by atoms with van der Waals surface area (Å²) in [7, 11) is -4.18. The summed E-state index contributed by atoms with van der Waals surface area (Å²) in [5, 5.41) is 3.38. The van der Waals surface area contributed by atoms with Gasteiger partial charge in [-0.05, 0) is 127 Å². The van der Waals surface area contributed by atoms with Crippen LogP contribution in [0.4, 0.5) is 0 Å². The minimum Gasteiger partial charge on any atom is -0.413 e. The fourth-order valence-corrected chi connectivity index (χ4v) is 10.1. The van der Waals surface area contributed by atoms with Crippen molar-refractivity contribution in [1.29, 1.82) is 0 Å².